The summed E-state index contributed by atoms with van der Waals surface area (Å²) in [6.45, 7) is 13.5. The first-order valence-corrected chi connectivity index (χ1v) is 13.6. The lowest BCUT2D eigenvalue weighted by atomic mass is 9.48. The average molecular weight is 445 g/mol. The number of fused-ring (bicyclic) bond motifs is 5. The summed E-state index contributed by atoms with van der Waals surface area (Å²) in [7, 11) is 0. The van der Waals surface area contributed by atoms with Crippen molar-refractivity contribution < 1.29 is 14.6 Å². The highest BCUT2D eigenvalue weighted by molar-refractivity contribution is 5.66. The molecule has 3 saturated carbocycles. The van der Waals surface area contributed by atoms with Gasteiger partial charge in [-0.05, 0) is 111 Å². The lowest BCUT2D eigenvalue weighted by Gasteiger charge is -2.57. The van der Waals surface area contributed by atoms with E-state index in [1.807, 2.05) is 0 Å². The molecule has 0 spiro atoms. The molecule has 0 aromatic rings. The van der Waals surface area contributed by atoms with Gasteiger partial charge in [0.1, 0.15) is 6.10 Å². The Bertz CT molecular complexity index is 726. The second-order valence-electron chi connectivity index (χ2n) is 12.9. The second-order valence-corrected chi connectivity index (χ2v) is 12.9. The van der Waals surface area contributed by atoms with Gasteiger partial charge >= 0.3 is 5.97 Å². The lowest BCUT2D eigenvalue weighted by Crippen LogP contribution is -2.49. The summed E-state index contributed by atoms with van der Waals surface area (Å²) in [6, 6.07) is 0. The predicted octanol–water partition coefficient (Wildman–Crippen LogP) is 6.93. The second kappa shape index (κ2) is 9.08. The molecule has 4 aliphatic rings. The van der Waals surface area contributed by atoms with Crippen LogP contribution in [0.2, 0.25) is 0 Å². The van der Waals surface area contributed by atoms with E-state index in [2.05, 4.69) is 40.7 Å². The Morgan fingerprint density at radius 1 is 1.12 bits per heavy atom. The van der Waals surface area contributed by atoms with E-state index in [4.69, 9.17) is 4.74 Å². The molecule has 3 nitrogen and oxygen atoms in total. The number of carbonyl (C=O) groups is 1. The molecule has 9 atom stereocenters. The molecule has 0 bridgehead atoms. The summed E-state index contributed by atoms with van der Waals surface area (Å²) in [5.74, 6) is 3.72. The molecule has 32 heavy (non-hydrogen) atoms. The SMILES string of the molecule is CC(=O)O[C@H]1CC[C@]2(C)C3=CC[C@]4(C)[C@@H]([C@H](C)[C@H](O)CCC(C)C)CC[C@H]4[C@@H]3CC[C@H]2C1. The van der Waals surface area contributed by atoms with Gasteiger partial charge in [0.05, 0.1) is 6.10 Å². The van der Waals surface area contributed by atoms with E-state index >= 15 is 0 Å². The Hall–Kier alpha value is -0.830. The summed E-state index contributed by atoms with van der Waals surface area (Å²) >= 11 is 0. The fourth-order valence-corrected chi connectivity index (χ4v) is 8.77. The molecule has 0 saturated heterocycles. The first-order valence-electron chi connectivity index (χ1n) is 13.6. The smallest absolute Gasteiger partial charge is 0.302 e. The highest BCUT2D eigenvalue weighted by atomic mass is 16.5. The van der Waals surface area contributed by atoms with Gasteiger partial charge in [-0.2, -0.15) is 0 Å². The Kier molecular flexibility index (Phi) is 6.90. The third-order valence-electron chi connectivity index (χ3n) is 10.7. The summed E-state index contributed by atoms with van der Waals surface area (Å²) in [5.41, 5.74) is 2.39. The fourth-order valence-electron chi connectivity index (χ4n) is 8.77. The topological polar surface area (TPSA) is 46.5 Å². The molecule has 0 aliphatic heterocycles. The van der Waals surface area contributed by atoms with E-state index in [9.17, 15) is 9.90 Å². The third-order valence-corrected chi connectivity index (χ3v) is 10.7. The number of hydrogen-bond donors (Lipinski definition) is 1. The molecule has 1 N–H and O–H groups in total. The third kappa shape index (κ3) is 4.21. The zero-order valence-corrected chi connectivity index (χ0v) is 21.5. The van der Waals surface area contributed by atoms with E-state index in [-0.39, 0.29) is 18.2 Å². The quantitative estimate of drug-likeness (QED) is 0.357. The normalized spacial score (nSPS) is 43.0. The Morgan fingerprint density at radius 2 is 1.88 bits per heavy atom. The van der Waals surface area contributed by atoms with Crippen LogP contribution in [-0.2, 0) is 9.53 Å². The first-order chi connectivity index (χ1) is 15.1. The van der Waals surface area contributed by atoms with Crippen LogP contribution < -0.4 is 0 Å². The zero-order chi connectivity index (χ0) is 23.3. The molecule has 3 fully saturated rings. The Morgan fingerprint density at radius 3 is 2.56 bits per heavy atom. The maximum absolute atomic E-state index is 11.5. The highest BCUT2D eigenvalue weighted by Gasteiger charge is 2.58. The average Bonchev–Trinajstić information content (AvgIpc) is 3.08. The maximum Gasteiger partial charge on any atom is 0.302 e. The number of hydrogen-bond acceptors (Lipinski definition) is 3. The number of ether oxygens (including phenoxy) is 1. The molecule has 0 aromatic carbocycles. The minimum atomic E-state index is -0.159. The largest absolute Gasteiger partial charge is 0.463 e. The molecule has 4 aliphatic carbocycles. The molecule has 0 heterocycles. The van der Waals surface area contributed by atoms with Gasteiger partial charge in [0.2, 0.25) is 0 Å². The fraction of sp³-hybridized carbons (Fsp3) is 0.897. The molecule has 0 amide bonds. The van der Waals surface area contributed by atoms with Crippen molar-refractivity contribution in [2.75, 3.05) is 0 Å². The number of carbonyl (C=O) groups excluding carboxylic acids is 1. The van der Waals surface area contributed by atoms with Crippen molar-refractivity contribution in [1.29, 1.82) is 0 Å². The van der Waals surface area contributed by atoms with Gasteiger partial charge in [0.25, 0.3) is 0 Å². The van der Waals surface area contributed by atoms with Crippen LogP contribution in [0.25, 0.3) is 0 Å². The van der Waals surface area contributed by atoms with Gasteiger partial charge in [-0.15, -0.1) is 0 Å². The van der Waals surface area contributed by atoms with Gasteiger partial charge < -0.3 is 9.84 Å². The Balaban J connectivity index is 1.50. The van der Waals surface area contributed by atoms with Gasteiger partial charge in [-0.25, -0.2) is 0 Å². The minimum absolute atomic E-state index is 0.123. The molecule has 0 unspecified atom stereocenters. The molecule has 4 rings (SSSR count). The van der Waals surface area contributed by atoms with Crippen LogP contribution in [-0.4, -0.2) is 23.3 Å². The zero-order valence-electron chi connectivity index (χ0n) is 21.5. The van der Waals surface area contributed by atoms with Crippen molar-refractivity contribution in [3.05, 3.63) is 11.6 Å². The highest BCUT2D eigenvalue weighted by Crippen LogP contribution is 2.66. The number of rotatable bonds is 6. The van der Waals surface area contributed by atoms with Gasteiger partial charge in [-0.1, -0.05) is 46.3 Å². The van der Waals surface area contributed by atoms with Crippen LogP contribution in [0.1, 0.15) is 106 Å². The van der Waals surface area contributed by atoms with Crippen LogP contribution in [0.3, 0.4) is 0 Å². The molecular weight excluding hydrogens is 396 g/mol. The number of esters is 1. The van der Waals surface area contributed by atoms with E-state index in [1.54, 1.807) is 12.5 Å². The van der Waals surface area contributed by atoms with E-state index in [0.717, 1.165) is 43.9 Å². The van der Waals surface area contributed by atoms with Gasteiger partial charge in [-0.3, -0.25) is 4.79 Å². The van der Waals surface area contributed by atoms with Crippen molar-refractivity contribution >= 4 is 5.97 Å². The van der Waals surface area contributed by atoms with Crippen LogP contribution >= 0.6 is 0 Å². The molecule has 3 heteroatoms. The Labute approximate surface area is 196 Å². The summed E-state index contributed by atoms with van der Waals surface area (Å²) in [6.07, 6.45) is 14.3. The maximum atomic E-state index is 11.5. The molecule has 182 valence electrons. The summed E-state index contributed by atoms with van der Waals surface area (Å²) in [5, 5.41) is 11.0. The number of allylic oxidation sites excluding steroid dienone is 2. The number of aliphatic hydroxyl groups excluding tert-OH is 1. The standard InChI is InChI=1S/C29H48O3/c1-18(2)7-12-27(31)19(3)24-10-11-25-23-9-8-21-17-22(32-20(4)30)13-15-28(21,5)26(23)14-16-29(24,25)6/h14,18-19,21-25,27,31H,7-13,15-17H2,1-6H3/t19-,21-,22-,23-,24+,25-,27+,28-,29+/m0/s1. The van der Waals surface area contributed by atoms with Crippen molar-refractivity contribution in [3.63, 3.8) is 0 Å². The van der Waals surface area contributed by atoms with Crippen molar-refractivity contribution in [2.45, 2.75) is 118 Å². The summed E-state index contributed by atoms with van der Waals surface area (Å²) < 4.78 is 5.62. The van der Waals surface area contributed by atoms with E-state index < -0.39 is 0 Å². The molecule has 0 aromatic heterocycles. The van der Waals surface area contributed by atoms with Gasteiger partial charge in [0, 0.05) is 6.92 Å². The van der Waals surface area contributed by atoms with Crippen LogP contribution in [0.4, 0.5) is 0 Å². The predicted molar refractivity (Wildman–Crippen MR) is 130 cm³/mol. The van der Waals surface area contributed by atoms with Crippen LogP contribution in [0.15, 0.2) is 11.6 Å². The van der Waals surface area contributed by atoms with E-state index in [0.29, 0.717) is 34.5 Å². The number of aliphatic hydroxyl groups is 1. The van der Waals surface area contributed by atoms with Gasteiger partial charge in [0.15, 0.2) is 0 Å². The van der Waals surface area contributed by atoms with Crippen molar-refractivity contribution in [2.24, 2.45) is 46.3 Å². The summed E-state index contributed by atoms with van der Waals surface area (Å²) in [4.78, 5) is 11.5. The van der Waals surface area contributed by atoms with Crippen molar-refractivity contribution in [1.82, 2.24) is 0 Å². The van der Waals surface area contributed by atoms with E-state index in [1.165, 1.54) is 32.1 Å². The lowest BCUT2D eigenvalue weighted by molar-refractivity contribution is -0.151. The van der Waals surface area contributed by atoms with Crippen molar-refractivity contribution in [3.8, 4) is 0 Å². The first kappa shape index (κ1) is 24.3. The molecule has 0 radical (unpaired) electrons. The minimum Gasteiger partial charge on any atom is -0.463 e. The van der Waals surface area contributed by atoms with Crippen LogP contribution in [0, 0.1) is 46.3 Å². The monoisotopic (exact) mass is 444 g/mol. The van der Waals surface area contributed by atoms with Crippen LogP contribution in [0.5, 0.6) is 0 Å². The molecular formula is C29H48O3.